The van der Waals surface area contributed by atoms with Gasteiger partial charge in [-0.05, 0) is 6.07 Å². The number of carbonyl (C=O) groups is 2. The van der Waals surface area contributed by atoms with Crippen molar-refractivity contribution in [2.45, 2.75) is 33.4 Å². The molecule has 0 aromatic carbocycles. The van der Waals surface area contributed by atoms with Crippen molar-refractivity contribution in [3.05, 3.63) is 24.2 Å². The van der Waals surface area contributed by atoms with Crippen LogP contribution in [0, 0.1) is 5.41 Å². The first-order chi connectivity index (χ1) is 9.39. The predicted molar refractivity (Wildman–Crippen MR) is 78.0 cm³/mol. The minimum absolute atomic E-state index is 0.0194. The van der Waals surface area contributed by atoms with Crippen molar-refractivity contribution < 1.29 is 14.0 Å². The zero-order valence-electron chi connectivity index (χ0n) is 12.0. The number of hydrogen-bond acceptors (Lipinski definition) is 4. The van der Waals surface area contributed by atoms with Gasteiger partial charge in [0.15, 0.2) is 0 Å². The van der Waals surface area contributed by atoms with Crippen molar-refractivity contribution >= 4 is 23.6 Å². The topological polar surface area (TPSA) is 62.6 Å². The summed E-state index contributed by atoms with van der Waals surface area (Å²) in [5.74, 6) is 1.15. The molecule has 2 amide bonds. The lowest BCUT2D eigenvalue weighted by Crippen LogP contribution is -2.50. The maximum absolute atomic E-state index is 12.3. The van der Waals surface area contributed by atoms with Crippen LogP contribution in [0.1, 0.15) is 26.3 Å². The highest BCUT2D eigenvalue weighted by atomic mass is 32.2. The normalized spacial score (nSPS) is 19.1. The van der Waals surface area contributed by atoms with Crippen molar-refractivity contribution in [3.8, 4) is 0 Å². The molecule has 0 radical (unpaired) electrons. The van der Waals surface area contributed by atoms with E-state index < -0.39 is 5.41 Å². The zero-order chi connectivity index (χ0) is 14.8. The van der Waals surface area contributed by atoms with E-state index >= 15 is 0 Å². The van der Waals surface area contributed by atoms with E-state index in [-0.39, 0.29) is 17.9 Å². The lowest BCUT2D eigenvalue weighted by molar-refractivity contribution is -0.144. The Morgan fingerprint density at radius 3 is 2.85 bits per heavy atom. The molecule has 0 aliphatic carbocycles. The third-order valence-electron chi connectivity index (χ3n) is 3.13. The molecule has 0 spiro atoms. The third-order valence-corrected chi connectivity index (χ3v) is 4.15. The van der Waals surface area contributed by atoms with Crippen molar-refractivity contribution in [2.75, 3.05) is 11.6 Å². The Labute approximate surface area is 123 Å². The van der Waals surface area contributed by atoms with E-state index in [0.717, 1.165) is 5.56 Å². The fourth-order valence-corrected chi connectivity index (χ4v) is 3.14. The Kier molecular flexibility index (Phi) is 4.42. The van der Waals surface area contributed by atoms with Gasteiger partial charge < -0.3 is 14.6 Å². The standard InChI is InChI=1S/C14H20N2O3S/c1-14(2,3)13(18)16-9-20-8-11(16)12(17)15-6-10-4-5-19-7-10/h4-5,7,11H,6,8-9H2,1-3H3,(H,15,17)/t11-/m0/s1. The lowest BCUT2D eigenvalue weighted by Gasteiger charge is -2.29. The molecule has 1 N–H and O–H groups in total. The average molecular weight is 296 g/mol. The van der Waals surface area contributed by atoms with E-state index in [2.05, 4.69) is 5.32 Å². The summed E-state index contributed by atoms with van der Waals surface area (Å²) >= 11 is 1.61. The summed E-state index contributed by atoms with van der Waals surface area (Å²) in [7, 11) is 0. The molecule has 1 aliphatic rings. The molecule has 5 nitrogen and oxygen atoms in total. The Bertz CT molecular complexity index is 479. The van der Waals surface area contributed by atoms with Crippen molar-refractivity contribution in [1.29, 1.82) is 0 Å². The first-order valence-electron chi connectivity index (χ1n) is 6.57. The second-order valence-electron chi connectivity index (χ2n) is 5.89. The quantitative estimate of drug-likeness (QED) is 0.924. The van der Waals surface area contributed by atoms with Gasteiger partial charge in [-0.3, -0.25) is 9.59 Å². The van der Waals surface area contributed by atoms with Gasteiger partial charge in [0.1, 0.15) is 6.04 Å². The number of thioether (sulfide) groups is 1. The molecule has 6 heteroatoms. The molecule has 1 aromatic heterocycles. The number of nitrogens with one attached hydrogen (secondary N) is 1. The average Bonchev–Trinajstić information content (AvgIpc) is 3.04. The van der Waals surface area contributed by atoms with Crippen LogP contribution >= 0.6 is 11.8 Å². The van der Waals surface area contributed by atoms with Gasteiger partial charge in [-0.25, -0.2) is 0 Å². The molecule has 1 atom stereocenters. The molecule has 1 aliphatic heterocycles. The van der Waals surface area contributed by atoms with E-state index in [1.165, 1.54) is 0 Å². The maximum Gasteiger partial charge on any atom is 0.243 e. The second-order valence-corrected chi connectivity index (χ2v) is 6.89. The fraction of sp³-hybridized carbons (Fsp3) is 0.571. The molecule has 0 saturated carbocycles. The van der Waals surface area contributed by atoms with Crippen LogP contribution in [0.2, 0.25) is 0 Å². The smallest absolute Gasteiger partial charge is 0.243 e. The van der Waals surface area contributed by atoms with Gasteiger partial charge in [0, 0.05) is 23.3 Å². The Hall–Kier alpha value is -1.43. The fourth-order valence-electron chi connectivity index (χ4n) is 1.99. The summed E-state index contributed by atoms with van der Waals surface area (Å²) in [6, 6.07) is 1.43. The number of hydrogen-bond donors (Lipinski definition) is 1. The van der Waals surface area contributed by atoms with Gasteiger partial charge in [-0.15, -0.1) is 11.8 Å². The van der Waals surface area contributed by atoms with E-state index in [4.69, 9.17) is 4.42 Å². The van der Waals surface area contributed by atoms with E-state index in [0.29, 0.717) is 18.2 Å². The first-order valence-corrected chi connectivity index (χ1v) is 7.72. The Morgan fingerprint density at radius 1 is 1.50 bits per heavy atom. The highest BCUT2D eigenvalue weighted by Crippen LogP contribution is 2.27. The van der Waals surface area contributed by atoms with Gasteiger partial charge in [0.2, 0.25) is 11.8 Å². The molecular weight excluding hydrogens is 276 g/mol. The van der Waals surface area contributed by atoms with Crippen LogP contribution in [0.25, 0.3) is 0 Å². The van der Waals surface area contributed by atoms with Crippen LogP contribution in [0.15, 0.2) is 23.0 Å². The van der Waals surface area contributed by atoms with Gasteiger partial charge in [0.25, 0.3) is 0 Å². The molecule has 1 saturated heterocycles. The summed E-state index contributed by atoms with van der Waals surface area (Å²) in [4.78, 5) is 26.2. The van der Waals surface area contributed by atoms with E-state index in [9.17, 15) is 9.59 Å². The molecule has 1 aromatic rings. The third kappa shape index (κ3) is 3.36. The number of nitrogens with zero attached hydrogens (tertiary/aromatic N) is 1. The largest absolute Gasteiger partial charge is 0.472 e. The number of carbonyl (C=O) groups excluding carboxylic acids is 2. The highest BCUT2D eigenvalue weighted by Gasteiger charge is 2.38. The molecule has 110 valence electrons. The van der Waals surface area contributed by atoms with Gasteiger partial charge >= 0.3 is 0 Å². The summed E-state index contributed by atoms with van der Waals surface area (Å²) in [5.41, 5.74) is 0.450. The first kappa shape index (κ1) is 15.0. The SMILES string of the molecule is CC(C)(C)C(=O)N1CSC[C@H]1C(=O)NCc1ccoc1. The van der Waals surface area contributed by atoms with Crippen LogP contribution in [-0.2, 0) is 16.1 Å². The Balaban J connectivity index is 1.96. The molecule has 2 rings (SSSR count). The zero-order valence-corrected chi connectivity index (χ0v) is 12.8. The molecule has 1 fully saturated rings. The second kappa shape index (κ2) is 5.91. The summed E-state index contributed by atoms with van der Waals surface area (Å²) in [6.07, 6.45) is 3.17. The van der Waals surface area contributed by atoms with E-state index in [1.54, 1.807) is 29.2 Å². The summed E-state index contributed by atoms with van der Waals surface area (Å²) in [6.45, 7) is 6.05. The summed E-state index contributed by atoms with van der Waals surface area (Å²) in [5, 5.41) is 2.86. The number of furan rings is 1. The molecule has 2 heterocycles. The monoisotopic (exact) mass is 296 g/mol. The van der Waals surface area contributed by atoms with Gasteiger partial charge in [-0.1, -0.05) is 20.8 Å². The molecule has 0 unspecified atom stereocenters. The van der Waals surface area contributed by atoms with Crippen LogP contribution in [-0.4, -0.2) is 34.4 Å². The number of amides is 2. The molecular formula is C14H20N2O3S. The number of rotatable bonds is 3. The van der Waals surface area contributed by atoms with Crippen LogP contribution in [0.3, 0.4) is 0 Å². The molecule has 20 heavy (non-hydrogen) atoms. The lowest BCUT2D eigenvalue weighted by atomic mass is 9.94. The maximum atomic E-state index is 12.3. The van der Waals surface area contributed by atoms with Crippen molar-refractivity contribution in [1.82, 2.24) is 10.2 Å². The minimum atomic E-state index is -0.464. The van der Waals surface area contributed by atoms with Crippen molar-refractivity contribution in [3.63, 3.8) is 0 Å². The predicted octanol–water partition coefficient (Wildman–Crippen LogP) is 1.84. The van der Waals surface area contributed by atoms with Crippen LogP contribution in [0.5, 0.6) is 0 Å². The molecule has 0 bridgehead atoms. The minimum Gasteiger partial charge on any atom is -0.472 e. The van der Waals surface area contributed by atoms with Gasteiger partial charge in [0.05, 0.1) is 18.4 Å². The van der Waals surface area contributed by atoms with Gasteiger partial charge in [-0.2, -0.15) is 0 Å². The summed E-state index contributed by atoms with van der Waals surface area (Å²) < 4.78 is 4.96. The Morgan fingerprint density at radius 2 is 2.25 bits per heavy atom. The van der Waals surface area contributed by atoms with Crippen molar-refractivity contribution in [2.24, 2.45) is 5.41 Å². The van der Waals surface area contributed by atoms with Crippen LogP contribution in [0.4, 0.5) is 0 Å². The highest BCUT2D eigenvalue weighted by molar-refractivity contribution is 7.99. The van der Waals surface area contributed by atoms with Crippen LogP contribution < -0.4 is 5.32 Å². The van der Waals surface area contributed by atoms with E-state index in [1.807, 2.05) is 26.8 Å².